The molecule has 0 N–H and O–H groups in total. The van der Waals surface area contributed by atoms with E-state index < -0.39 is 62.5 Å². The highest BCUT2D eigenvalue weighted by Crippen LogP contribution is 2.36. The summed E-state index contributed by atoms with van der Waals surface area (Å²) < 4.78 is 100. The first kappa shape index (κ1) is 25.6. The Morgan fingerprint density at radius 3 is 2.34 bits per heavy atom. The molecule has 2 rings (SSSR count). The van der Waals surface area contributed by atoms with Gasteiger partial charge in [-0.15, -0.1) is 0 Å². The van der Waals surface area contributed by atoms with Gasteiger partial charge >= 0.3 is 6.18 Å². The zero-order chi connectivity index (χ0) is 24.5. The Balaban J connectivity index is 2.23. The third-order valence-electron chi connectivity index (χ3n) is 3.95. The van der Waals surface area contributed by atoms with E-state index in [0.29, 0.717) is 18.4 Å². The van der Waals surface area contributed by atoms with Crippen LogP contribution in [0.25, 0.3) is 0 Å². The Bertz CT molecular complexity index is 1130. The largest absolute Gasteiger partial charge is 0.470 e. The summed E-state index contributed by atoms with van der Waals surface area (Å²) in [7, 11) is -4.30. The van der Waals surface area contributed by atoms with Crippen LogP contribution in [0.15, 0.2) is 30.5 Å². The number of aromatic nitrogens is 1. The van der Waals surface area contributed by atoms with Crippen molar-refractivity contribution in [3.8, 4) is 11.6 Å². The van der Waals surface area contributed by atoms with Crippen LogP contribution in [-0.4, -0.2) is 48.4 Å². The zero-order valence-corrected chi connectivity index (χ0v) is 18.3. The smallest absolute Gasteiger partial charge is 0.427 e. The second-order valence-electron chi connectivity index (χ2n) is 6.88. The number of benzene rings is 1. The van der Waals surface area contributed by atoms with Gasteiger partial charge in [0.05, 0.1) is 18.0 Å². The van der Waals surface area contributed by atoms with Crippen LogP contribution in [0, 0.1) is 11.6 Å². The molecule has 14 heteroatoms. The molecule has 0 saturated heterocycles. The lowest BCUT2D eigenvalue weighted by Gasteiger charge is -2.28. The molecule has 1 aromatic carbocycles. The van der Waals surface area contributed by atoms with Gasteiger partial charge in [0.2, 0.25) is 15.9 Å². The monoisotopic (exact) mass is 502 g/mol. The number of hydrogen-bond acceptors (Lipinski definition) is 6. The van der Waals surface area contributed by atoms with Gasteiger partial charge in [-0.25, -0.2) is 22.2 Å². The summed E-state index contributed by atoms with van der Waals surface area (Å²) in [4.78, 5) is 16.1. The highest BCUT2D eigenvalue weighted by atomic mass is 35.5. The molecule has 0 aliphatic rings. The summed E-state index contributed by atoms with van der Waals surface area (Å²) in [5, 5.41) is -0.395. The number of nitrogens with zero attached hydrogens (tertiary/aromatic N) is 2. The second-order valence-corrected chi connectivity index (χ2v) is 9.20. The number of sulfonamides is 1. The molecule has 1 amide bonds. The molecular weight excluding hydrogens is 487 g/mol. The summed E-state index contributed by atoms with van der Waals surface area (Å²) in [5.74, 6) is -4.36. The van der Waals surface area contributed by atoms with E-state index in [4.69, 9.17) is 21.1 Å². The van der Waals surface area contributed by atoms with Gasteiger partial charge in [0, 0.05) is 6.07 Å². The first-order valence-corrected chi connectivity index (χ1v) is 10.8. The Morgan fingerprint density at radius 1 is 1.19 bits per heavy atom. The van der Waals surface area contributed by atoms with Gasteiger partial charge in [-0.3, -0.25) is 4.79 Å². The number of ether oxygens (including phenoxy) is 2. The van der Waals surface area contributed by atoms with Crippen molar-refractivity contribution in [2.24, 2.45) is 0 Å². The molecule has 0 fully saturated rings. The van der Waals surface area contributed by atoms with Crippen molar-refractivity contribution in [1.82, 2.24) is 9.29 Å². The van der Waals surface area contributed by atoms with Crippen molar-refractivity contribution in [3.05, 3.63) is 52.7 Å². The quantitative estimate of drug-likeness (QED) is 0.417. The average Bonchev–Trinajstić information content (AvgIpc) is 2.63. The van der Waals surface area contributed by atoms with Crippen molar-refractivity contribution in [3.63, 3.8) is 0 Å². The van der Waals surface area contributed by atoms with Crippen LogP contribution in [0.5, 0.6) is 11.6 Å². The van der Waals surface area contributed by atoms with Crippen LogP contribution in [0.3, 0.4) is 0 Å². The molecule has 1 heterocycles. The number of halogens is 6. The maximum Gasteiger partial charge on any atom is 0.427 e. The SMILES string of the molecule is CC(C)(Oc1ncc(OCN(C(=O)c2cc(F)ccc2F)S(C)(=O)=O)cc1Cl)C(F)(F)F. The zero-order valence-electron chi connectivity index (χ0n) is 16.7. The molecular formula is C18H16ClF5N2O5S. The van der Waals surface area contributed by atoms with Crippen molar-refractivity contribution >= 4 is 27.5 Å². The van der Waals surface area contributed by atoms with Gasteiger partial charge in [0.25, 0.3) is 5.91 Å². The normalized spacial score (nSPS) is 12.4. The van der Waals surface area contributed by atoms with Gasteiger partial charge in [0.1, 0.15) is 22.4 Å². The molecule has 0 saturated carbocycles. The second kappa shape index (κ2) is 9.06. The average molecular weight is 503 g/mol. The van der Waals surface area contributed by atoms with Gasteiger partial charge in [-0.2, -0.15) is 17.5 Å². The Hall–Kier alpha value is -2.67. The maximum atomic E-state index is 13.9. The molecule has 0 spiro atoms. The van der Waals surface area contributed by atoms with Crippen molar-refractivity contribution in [2.45, 2.75) is 25.6 Å². The molecule has 0 aliphatic carbocycles. The Kier molecular flexibility index (Phi) is 7.24. The van der Waals surface area contributed by atoms with E-state index in [1.807, 2.05) is 0 Å². The summed E-state index contributed by atoms with van der Waals surface area (Å²) in [5.41, 5.74) is -3.46. The van der Waals surface area contributed by atoms with Crippen molar-refractivity contribution in [2.75, 3.05) is 13.0 Å². The van der Waals surface area contributed by atoms with E-state index in [1.165, 1.54) is 0 Å². The number of pyridine rings is 1. The molecule has 7 nitrogen and oxygen atoms in total. The van der Waals surface area contributed by atoms with Crippen LogP contribution >= 0.6 is 11.6 Å². The molecule has 2 aromatic rings. The Labute approximate surface area is 184 Å². The predicted octanol–water partition coefficient (Wildman–Crippen LogP) is 4.17. The van der Waals surface area contributed by atoms with Crippen LogP contribution in [-0.2, 0) is 10.0 Å². The van der Waals surface area contributed by atoms with Crippen LogP contribution in [0.4, 0.5) is 22.0 Å². The molecule has 32 heavy (non-hydrogen) atoms. The molecule has 0 bridgehead atoms. The number of hydrogen-bond donors (Lipinski definition) is 0. The fourth-order valence-corrected chi connectivity index (χ4v) is 2.93. The summed E-state index contributed by atoms with van der Waals surface area (Å²) in [6, 6.07) is 2.88. The molecule has 0 radical (unpaired) electrons. The molecule has 176 valence electrons. The van der Waals surface area contributed by atoms with E-state index >= 15 is 0 Å². The van der Waals surface area contributed by atoms with Crippen LogP contribution < -0.4 is 9.47 Å². The summed E-state index contributed by atoms with van der Waals surface area (Å²) in [6.07, 6.45) is -3.22. The molecule has 0 atom stereocenters. The van der Waals surface area contributed by atoms with E-state index in [1.54, 1.807) is 0 Å². The van der Waals surface area contributed by atoms with Crippen molar-refractivity contribution in [1.29, 1.82) is 0 Å². The third-order valence-corrected chi connectivity index (χ3v) is 5.29. The van der Waals surface area contributed by atoms with E-state index in [-0.39, 0.29) is 10.1 Å². The molecule has 0 unspecified atom stereocenters. The number of amides is 1. The number of rotatable bonds is 7. The number of carbonyl (C=O) groups is 1. The van der Waals surface area contributed by atoms with Gasteiger partial charge in [-0.1, -0.05) is 11.6 Å². The minimum atomic E-state index is -4.73. The molecule has 0 aliphatic heterocycles. The topological polar surface area (TPSA) is 85.8 Å². The third kappa shape index (κ3) is 5.97. The van der Waals surface area contributed by atoms with Crippen LogP contribution in [0.2, 0.25) is 5.02 Å². The first-order chi connectivity index (χ1) is 14.5. The van der Waals surface area contributed by atoms with E-state index in [2.05, 4.69) is 4.98 Å². The van der Waals surface area contributed by atoms with E-state index in [0.717, 1.165) is 32.2 Å². The van der Waals surface area contributed by atoms with Gasteiger partial charge in [0.15, 0.2) is 12.3 Å². The lowest BCUT2D eigenvalue weighted by molar-refractivity contribution is -0.235. The highest BCUT2D eigenvalue weighted by Gasteiger charge is 2.50. The fourth-order valence-electron chi connectivity index (χ4n) is 2.10. The van der Waals surface area contributed by atoms with Crippen molar-refractivity contribution < 1.29 is 44.6 Å². The fraction of sp³-hybridized carbons (Fsp3) is 0.333. The lowest BCUT2D eigenvalue weighted by atomic mass is 10.1. The molecule has 1 aromatic heterocycles. The minimum absolute atomic E-state index is 0.121. The number of alkyl halides is 3. The minimum Gasteiger partial charge on any atom is -0.470 e. The number of carbonyl (C=O) groups excluding carboxylic acids is 1. The summed E-state index contributed by atoms with van der Waals surface area (Å²) >= 11 is 5.86. The first-order valence-electron chi connectivity index (χ1n) is 8.54. The van der Waals surface area contributed by atoms with Gasteiger partial charge in [-0.05, 0) is 32.0 Å². The standard InChI is InChI=1S/C18H16ClF5N2O5S/c1-17(2,18(22,23)24)31-15-13(19)7-11(8-25-15)30-9-26(32(3,28)29)16(27)12-6-10(20)4-5-14(12)21/h4-8H,9H2,1-3H3. The predicted molar refractivity (Wildman–Crippen MR) is 103 cm³/mol. The van der Waals surface area contributed by atoms with E-state index in [9.17, 15) is 35.2 Å². The lowest BCUT2D eigenvalue weighted by Crippen LogP contribution is -2.44. The van der Waals surface area contributed by atoms with Gasteiger partial charge < -0.3 is 9.47 Å². The van der Waals surface area contributed by atoms with Crippen LogP contribution in [0.1, 0.15) is 24.2 Å². The summed E-state index contributed by atoms with van der Waals surface area (Å²) in [6.45, 7) is 0.535. The highest BCUT2D eigenvalue weighted by molar-refractivity contribution is 7.88. The maximum absolute atomic E-state index is 13.9. The Morgan fingerprint density at radius 2 is 1.81 bits per heavy atom.